The predicted molar refractivity (Wildman–Crippen MR) is 55.3 cm³/mol. The summed E-state index contributed by atoms with van der Waals surface area (Å²) in [6.45, 7) is 2.03. The molecule has 0 aliphatic carbocycles. The molecule has 1 rings (SSSR count). The molecule has 14 heavy (non-hydrogen) atoms. The van der Waals surface area contributed by atoms with E-state index in [-0.39, 0.29) is 0 Å². The minimum Gasteiger partial charge on any atom is -0.313 e. The van der Waals surface area contributed by atoms with E-state index < -0.39 is 5.97 Å². The van der Waals surface area contributed by atoms with Gasteiger partial charge in [0.15, 0.2) is 0 Å². The van der Waals surface area contributed by atoms with Gasteiger partial charge in [-0.15, -0.1) is 0 Å². The first-order valence-electron chi connectivity index (χ1n) is 4.63. The fourth-order valence-electron chi connectivity index (χ4n) is 0.894. The molecular formula is C11H13NO2. The molecule has 3 heteroatoms. The highest BCUT2D eigenvalue weighted by Gasteiger charge is 2.03. The number of carbonyl (C=O) groups excluding carboxylic acids is 1. The minimum absolute atomic E-state index is 0.419. The van der Waals surface area contributed by atoms with E-state index in [9.17, 15) is 4.79 Å². The van der Waals surface area contributed by atoms with Crippen LogP contribution in [-0.2, 0) is 4.84 Å². The standard InChI is InChI=1S/C11H13NO2/c1-2-3-9-12-14-11(13)10-7-5-4-6-8-10/h4-9H,2-3H2,1H3. The molecule has 0 fully saturated rings. The summed E-state index contributed by atoms with van der Waals surface area (Å²) >= 11 is 0. The minimum atomic E-state index is -0.419. The number of hydrogen-bond acceptors (Lipinski definition) is 3. The lowest BCUT2D eigenvalue weighted by molar-refractivity contribution is 0.0518. The van der Waals surface area contributed by atoms with E-state index in [1.807, 2.05) is 13.0 Å². The molecule has 0 amide bonds. The lowest BCUT2D eigenvalue weighted by atomic mass is 10.2. The first-order valence-corrected chi connectivity index (χ1v) is 4.63. The van der Waals surface area contributed by atoms with E-state index in [0.29, 0.717) is 5.56 Å². The van der Waals surface area contributed by atoms with Crippen LogP contribution in [-0.4, -0.2) is 12.2 Å². The topological polar surface area (TPSA) is 38.7 Å². The maximum Gasteiger partial charge on any atom is 0.365 e. The lowest BCUT2D eigenvalue weighted by Gasteiger charge is -1.95. The van der Waals surface area contributed by atoms with E-state index in [1.165, 1.54) is 0 Å². The second kappa shape index (κ2) is 5.91. The average molecular weight is 191 g/mol. The van der Waals surface area contributed by atoms with Gasteiger partial charge in [-0.1, -0.05) is 36.7 Å². The zero-order chi connectivity index (χ0) is 10.2. The quantitative estimate of drug-likeness (QED) is 0.417. The van der Waals surface area contributed by atoms with Gasteiger partial charge in [-0.2, -0.15) is 0 Å². The van der Waals surface area contributed by atoms with Gasteiger partial charge in [-0.05, 0) is 18.6 Å². The van der Waals surface area contributed by atoms with E-state index in [2.05, 4.69) is 9.99 Å². The summed E-state index contributed by atoms with van der Waals surface area (Å²) in [5.74, 6) is -0.419. The van der Waals surface area contributed by atoms with Crippen molar-refractivity contribution in [3.05, 3.63) is 35.9 Å². The van der Waals surface area contributed by atoms with Crippen LogP contribution in [0, 0.1) is 0 Å². The van der Waals surface area contributed by atoms with Gasteiger partial charge in [0.25, 0.3) is 0 Å². The van der Waals surface area contributed by atoms with Crippen LogP contribution in [0.3, 0.4) is 0 Å². The smallest absolute Gasteiger partial charge is 0.313 e. The lowest BCUT2D eigenvalue weighted by Crippen LogP contribution is -2.00. The molecule has 74 valence electrons. The van der Waals surface area contributed by atoms with Gasteiger partial charge >= 0.3 is 5.97 Å². The molecule has 0 unspecified atom stereocenters. The van der Waals surface area contributed by atoms with E-state index in [0.717, 1.165) is 12.8 Å². The third-order valence-electron chi connectivity index (χ3n) is 1.64. The number of nitrogens with zero attached hydrogens (tertiary/aromatic N) is 1. The second-order valence-corrected chi connectivity index (χ2v) is 2.82. The molecule has 0 saturated carbocycles. The van der Waals surface area contributed by atoms with Crippen molar-refractivity contribution < 1.29 is 9.63 Å². The van der Waals surface area contributed by atoms with Gasteiger partial charge in [0.2, 0.25) is 0 Å². The van der Waals surface area contributed by atoms with Crippen molar-refractivity contribution in [1.82, 2.24) is 0 Å². The molecule has 0 radical (unpaired) electrons. The molecule has 1 aromatic carbocycles. The summed E-state index contributed by atoms with van der Waals surface area (Å²) in [6, 6.07) is 8.80. The van der Waals surface area contributed by atoms with E-state index >= 15 is 0 Å². The van der Waals surface area contributed by atoms with Crippen LogP contribution < -0.4 is 0 Å². The number of hydrogen-bond donors (Lipinski definition) is 0. The largest absolute Gasteiger partial charge is 0.365 e. The second-order valence-electron chi connectivity index (χ2n) is 2.82. The SMILES string of the molecule is CCCC=NOC(=O)c1ccccc1. The first-order chi connectivity index (χ1) is 6.84. The number of carbonyl (C=O) groups is 1. The number of rotatable bonds is 4. The maximum absolute atomic E-state index is 11.3. The Morgan fingerprint density at radius 3 is 2.79 bits per heavy atom. The Balaban J connectivity index is 2.44. The summed E-state index contributed by atoms with van der Waals surface area (Å²) in [4.78, 5) is 15.9. The van der Waals surface area contributed by atoms with Gasteiger partial charge in [-0.25, -0.2) is 4.79 Å². The monoisotopic (exact) mass is 191 g/mol. The Hall–Kier alpha value is -1.64. The van der Waals surface area contributed by atoms with Gasteiger partial charge in [0.05, 0.1) is 5.56 Å². The molecule has 0 heterocycles. The molecule has 0 aliphatic rings. The van der Waals surface area contributed by atoms with Gasteiger partial charge in [0.1, 0.15) is 0 Å². The molecule has 0 N–H and O–H groups in total. The molecule has 3 nitrogen and oxygen atoms in total. The molecule has 0 saturated heterocycles. The van der Waals surface area contributed by atoms with Crippen LogP contribution in [0.25, 0.3) is 0 Å². The number of benzene rings is 1. The summed E-state index contributed by atoms with van der Waals surface area (Å²) in [5.41, 5.74) is 0.515. The van der Waals surface area contributed by atoms with Crippen molar-refractivity contribution in [3.8, 4) is 0 Å². The van der Waals surface area contributed by atoms with Crippen molar-refractivity contribution in [2.24, 2.45) is 5.16 Å². The fraction of sp³-hybridized carbons (Fsp3) is 0.273. The number of oxime groups is 1. The van der Waals surface area contributed by atoms with Crippen LogP contribution in [0.2, 0.25) is 0 Å². The van der Waals surface area contributed by atoms with Gasteiger partial charge in [-0.3, -0.25) is 0 Å². The van der Waals surface area contributed by atoms with E-state index in [4.69, 9.17) is 0 Å². The van der Waals surface area contributed by atoms with Crippen LogP contribution in [0.4, 0.5) is 0 Å². The molecule has 0 spiro atoms. The Labute approximate surface area is 83.4 Å². The molecule has 0 aliphatic heterocycles. The molecule has 0 aromatic heterocycles. The highest BCUT2D eigenvalue weighted by Crippen LogP contribution is 2.00. The van der Waals surface area contributed by atoms with Crippen molar-refractivity contribution in [1.29, 1.82) is 0 Å². The highest BCUT2D eigenvalue weighted by molar-refractivity contribution is 5.89. The van der Waals surface area contributed by atoms with Crippen LogP contribution in [0.5, 0.6) is 0 Å². The Bertz CT molecular complexity index is 306. The van der Waals surface area contributed by atoms with E-state index in [1.54, 1.807) is 30.5 Å². The van der Waals surface area contributed by atoms with Crippen LogP contribution in [0.1, 0.15) is 30.1 Å². The third kappa shape index (κ3) is 3.39. The summed E-state index contributed by atoms with van der Waals surface area (Å²) in [7, 11) is 0. The maximum atomic E-state index is 11.3. The van der Waals surface area contributed by atoms with Crippen LogP contribution in [0.15, 0.2) is 35.5 Å². The summed E-state index contributed by atoms with van der Waals surface area (Å²) in [5, 5.41) is 3.56. The predicted octanol–water partition coefficient (Wildman–Crippen LogP) is 2.63. The van der Waals surface area contributed by atoms with Crippen molar-refractivity contribution >= 4 is 12.2 Å². The first kappa shape index (κ1) is 10.4. The fourth-order valence-corrected chi connectivity index (χ4v) is 0.894. The number of unbranched alkanes of at least 4 members (excludes halogenated alkanes) is 1. The van der Waals surface area contributed by atoms with Crippen molar-refractivity contribution in [2.45, 2.75) is 19.8 Å². The molecule has 0 atom stereocenters. The average Bonchev–Trinajstić information content (AvgIpc) is 2.25. The summed E-state index contributed by atoms with van der Waals surface area (Å²) < 4.78 is 0. The molecular weight excluding hydrogens is 178 g/mol. The van der Waals surface area contributed by atoms with Crippen LogP contribution >= 0.6 is 0 Å². The van der Waals surface area contributed by atoms with Gasteiger partial charge < -0.3 is 4.84 Å². The zero-order valence-electron chi connectivity index (χ0n) is 8.14. The Morgan fingerprint density at radius 1 is 1.43 bits per heavy atom. The van der Waals surface area contributed by atoms with Crippen molar-refractivity contribution in [3.63, 3.8) is 0 Å². The molecule has 1 aromatic rings. The normalized spacial score (nSPS) is 10.4. The van der Waals surface area contributed by atoms with Gasteiger partial charge in [0, 0.05) is 6.21 Å². The summed E-state index contributed by atoms with van der Waals surface area (Å²) in [6.07, 6.45) is 3.41. The van der Waals surface area contributed by atoms with Crippen molar-refractivity contribution in [2.75, 3.05) is 0 Å². The zero-order valence-corrected chi connectivity index (χ0v) is 8.14. The highest BCUT2D eigenvalue weighted by atomic mass is 16.7. The molecule has 0 bridgehead atoms. The third-order valence-corrected chi connectivity index (χ3v) is 1.64. The Morgan fingerprint density at radius 2 is 2.14 bits per heavy atom. The Kier molecular flexibility index (Phi) is 4.41.